The van der Waals surface area contributed by atoms with Gasteiger partial charge in [0.25, 0.3) is 0 Å². The van der Waals surface area contributed by atoms with E-state index in [1.165, 1.54) is 10.8 Å². The van der Waals surface area contributed by atoms with Crippen LogP contribution in [0.15, 0.2) is 78.9 Å². The molecule has 0 unspecified atom stereocenters. The van der Waals surface area contributed by atoms with Gasteiger partial charge in [0.15, 0.2) is 0 Å². The molecule has 4 nitrogen and oxygen atoms in total. The monoisotopic (exact) mass is 370 g/mol. The van der Waals surface area contributed by atoms with Crippen LogP contribution in [0.2, 0.25) is 0 Å². The summed E-state index contributed by atoms with van der Waals surface area (Å²) in [5, 5.41) is 5.24. The highest BCUT2D eigenvalue weighted by atomic mass is 16.5. The van der Waals surface area contributed by atoms with Crippen molar-refractivity contribution in [3.63, 3.8) is 0 Å². The number of rotatable bonds is 6. The Morgan fingerprint density at radius 2 is 1.71 bits per heavy atom. The molecule has 4 aromatic rings. The van der Waals surface area contributed by atoms with E-state index < -0.39 is 6.09 Å². The van der Waals surface area contributed by atoms with Crippen LogP contribution < -0.4 is 5.32 Å². The van der Waals surface area contributed by atoms with E-state index in [4.69, 9.17) is 4.74 Å². The van der Waals surface area contributed by atoms with Crippen molar-refractivity contribution in [2.45, 2.75) is 13.0 Å². The number of carbonyl (C=O) groups is 1. The van der Waals surface area contributed by atoms with Crippen molar-refractivity contribution in [2.24, 2.45) is 0 Å². The van der Waals surface area contributed by atoms with Gasteiger partial charge >= 0.3 is 6.09 Å². The van der Waals surface area contributed by atoms with Gasteiger partial charge in [0.2, 0.25) is 0 Å². The molecule has 0 spiro atoms. The fourth-order valence-corrected chi connectivity index (χ4v) is 3.23. The smallest absolute Gasteiger partial charge is 0.407 e. The minimum Gasteiger partial charge on any atom is -0.445 e. The van der Waals surface area contributed by atoms with Gasteiger partial charge in [-0.05, 0) is 29.7 Å². The number of nitrogens with one attached hydrogen (secondary N) is 2. The van der Waals surface area contributed by atoms with E-state index in [9.17, 15) is 4.79 Å². The Balaban J connectivity index is 1.26. The lowest BCUT2D eigenvalue weighted by Crippen LogP contribution is -2.24. The third-order valence-electron chi connectivity index (χ3n) is 4.63. The highest BCUT2D eigenvalue weighted by Gasteiger charge is 2.03. The predicted octanol–water partition coefficient (Wildman–Crippen LogP) is 5.65. The summed E-state index contributed by atoms with van der Waals surface area (Å²) in [6.07, 6.45) is 4.48. The number of carbonyl (C=O) groups excluding carboxylic acids is 1. The summed E-state index contributed by atoms with van der Waals surface area (Å²) in [7, 11) is 0. The van der Waals surface area contributed by atoms with Crippen molar-refractivity contribution in [2.75, 3.05) is 6.54 Å². The van der Waals surface area contributed by atoms with E-state index in [2.05, 4.69) is 58.9 Å². The summed E-state index contributed by atoms with van der Waals surface area (Å²) in [6.45, 7) is 0.825. The standard InChI is InChI=1S/C24H22N2O2/c27-24(28-17-19-9-2-1-3-10-19)25-15-7-6-8-18-13-14-21-20-11-4-5-12-22(20)26-23(21)16-18/h1-6,8-14,16,26H,7,15,17H2,(H,25,27). The molecule has 0 fully saturated rings. The van der Waals surface area contributed by atoms with Crippen molar-refractivity contribution in [3.05, 3.63) is 90.0 Å². The Hall–Kier alpha value is -3.53. The molecule has 28 heavy (non-hydrogen) atoms. The van der Waals surface area contributed by atoms with E-state index in [1.807, 2.05) is 36.4 Å². The summed E-state index contributed by atoms with van der Waals surface area (Å²) in [5.74, 6) is 0. The first kappa shape index (κ1) is 17.9. The fraction of sp³-hybridized carbons (Fsp3) is 0.125. The van der Waals surface area contributed by atoms with Gasteiger partial charge in [-0.25, -0.2) is 4.79 Å². The molecule has 0 radical (unpaired) electrons. The lowest BCUT2D eigenvalue weighted by Gasteiger charge is -2.05. The first-order chi connectivity index (χ1) is 13.8. The predicted molar refractivity (Wildman–Crippen MR) is 114 cm³/mol. The van der Waals surface area contributed by atoms with Gasteiger partial charge in [-0.2, -0.15) is 0 Å². The van der Waals surface area contributed by atoms with Crippen molar-refractivity contribution >= 4 is 34.0 Å². The second-order valence-electron chi connectivity index (χ2n) is 6.66. The average molecular weight is 370 g/mol. The third-order valence-corrected chi connectivity index (χ3v) is 4.63. The molecular weight excluding hydrogens is 348 g/mol. The molecule has 0 aliphatic rings. The first-order valence-electron chi connectivity index (χ1n) is 9.41. The second kappa shape index (κ2) is 8.44. The quantitative estimate of drug-likeness (QED) is 0.431. The van der Waals surface area contributed by atoms with Crippen LogP contribution in [0, 0.1) is 0 Å². The van der Waals surface area contributed by atoms with Gasteiger partial charge in [-0.15, -0.1) is 0 Å². The Morgan fingerprint density at radius 3 is 2.61 bits per heavy atom. The van der Waals surface area contributed by atoms with Crippen LogP contribution in [0.1, 0.15) is 17.5 Å². The SMILES string of the molecule is O=C(NCCC=Cc1ccc2c(c1)[nH]c1ccccc12)OCc1ccccc1. The second-order valence-corrected chi connectivity index (χ2v) is 6.66. The molecule has 0 saturated carbocycles. The van der Waals surface area contributed by atoms with Crippen LogP contribution in [0.25, 0.3) is 27.9 Å². The zero-order valence-electron chi connectivity index (χ0n) is 15.5. The van der Waals surface area contributed by atoms with E-state index >= 15 is 0 Å². The highest BCUT2D eigenvalue weighted by Crippen LogP contribution is 2.26. The molecule has 1 heterocycles. The highest BCUT2D eigenvalue weighted by molar-refractivity contribution is 6.07. The largest absolute Gasteiger partial charge is 0.445 e. The summed E-state index contributed by atoms with van der Waals surface area (Å²) < 4.78 is 5.19. The topological polar surface area (TPSA) is 54.1 Å². The number of fused-ring (bicyclic) bond motifs is 3. The van der Waals surface area contributed by atoms with Crippen molar-refractivity contribution in [1.82, 2.24) is 10.3 Å². The normalized spacial score (nSPS) is 11.3. The molecule has 1 amide bonds. The van der Waals surface area contributed by atoms with Crippen molar-refractivity contribution < 1.29 is 9.53 Å². The third kappa shape index (κ3) is 4.23. The number of ether oxygens (including phenoxy) is 1. The van der Waals surface area contributed by atoms with Crippen LogP contribution in [0.5, 0.6) is 0 Å². The van der Waals surface area contributed by atoms with E-state index in [1.54, 1.807) is 0 Å². The maximum absolute atomic E-state index is 11.7. The number of hydrogen-bond donors (Lipinski definition) is 2. The number of aromatic amines is 1. The summed E-state index contributed by atoms with van der Waals surface area (Å²) in [5.41, 5.74) is 4.39. The Kier molecular flexibility index (Phi) is 5.38. The Bertz CT molecular complexity index is 1110. The van der Waals surface area contributed by atoms with Gasteiger partial charge in [-0.3, -0.25) is 0 Å². The Morgan fingerprint density at radius 1 is 0.929 bits per heavy atom. The zero-order chi connectivity index (χ0) is 19.2. The number of hydrogen-bond acceptors (Lipinski definition) is 2. The van der Waals surface area contributed by atoms with Crippen molar-refractivity contribution in [1.29, 1.82) is 0 Å². The Labute approximate surface area is 163 Å². The van der Waals surface area contributed by atoms with Crippen LogP contribution in [0.3, 0.4) is 0 Å². The van der Waals surface area contributed by atoms with Crippen LogP contribution >= 0.6 is 0 Å². The molecule has 4 heteroatoms. The molecule has 4 rings (SSSR count). The number of para-hydroxylation sites is 1. The fourth-order valence-electron chi connectivity index (χ4n) is 3.23. The van der Waals surface area contributed by atoms with E-state index in [0.717, 1.165) is 28.6 Å². The molecule has 0 aliphatic heterocycles. The number of alkyl carbamates (subject to hydrolysis) is 1. The van der Waals surface area contributed by atoms with Gasteiger partial charge in [-0.1, -0.05) is 72.8 Å². The van der Waals surface area contributed by atoms with Crippen molar-refractivity contribution in [3.8, 4) is 0 Å². The zero-order valence-corrected chi connectivity index (χ0v) is 15.5. The first-order valence-corrected chi connectivity index (χ1v) is 9.41. The number of amides is 1. The number of benzene rings is 3. The lowest BCUT2D eigenvalue weighted by atomic mass is 10.1. The van der Waals surface area contributed by atoms with Crippen LogP contribution in [-0.2, 0) is 11.3 Å². The summed E-state index contributed by atoms with van der Waals surface area (Å²) in [4.78, 5) is 15.2. The molecule has 0 bridgehead atoms. The maximum atomic E-state index is 11.7. The lowest BCUT2D eigenvalue weighted by molar-refractivity contribution is 0.140. The number of aromatic nitrogens is 1. The van der Waals surface area contributed by atoms with Gasteiger partial charge in [0.05, 0.1) is 0 Å². The van der Waals surface area contributed by atoms with Gasteiger partial charge in [0, 0.05) is 28.4 Å². The molecule has 1 aromatic heterocycles. The van der Waals surface area contributed by atoms with Gasteiger partial charge in [0.1, 0.15) is 6.61 Å². The van der Waals surface area contributed by atoms with Crippen LogP contribution in [-0.4, -0.2) is 17.6 Å². The average Bonchev–Trinajstić information content (AvgIpc) is 3.10. The minimum atomic E-state index is -0.392. The summed E-state index contributed by atoms with van der Waals surface area (Å²) >= 11 is 0. The van der Waals surface area contributed by atoms with E-state index in [0.29, 0.717) is 6.54 Å². The maximum Gasteiger partial charge on any atom is 0.407 e. The van der Waals surface area contributed by atoms with Crippen LogP contribution in [0.4, 0.5) is 4.79 Å². The minimum absolute atomic E-state index is 0.285. The van der Waals surface area contributed by atoms with E-state index in [-0.39, 0.29) is 6.61 Å². The van der Waals surface area contributed by atoms with Gasteiger partial charge < -0.3 is 15.0 Å². The molecule has 0 aliphatic carbocycles. The number of H-pyrrole nitrogens is 1. The molecule has 140 valence electrons. The molecule has 3 aromatic carbocycles. The molecule has 0 atom stereocenters. The summed E-state index contributed by atoms with van der Waals surface area (Å²) in [6, 6.07) is 24.4. The molecule has 0 saturated heterocycles. The molecule has 2 N–H and O–H groups in total. The molecular formula is C24H22N2O2.